The highest BCUT2D eigenvalue weighted by atomic mass is 19.4. The first-order valence-electron chi connectivity index (χ1n) is 9.70. The third-order valence-corrected chi connectivity index (χ3v) is 4.82. The summed E-state index contributed by atoms with van der Waals surface area (Å²) in [6.45, 7) is 0.724. The quantitative estimate of drug-likeness (QED) is 0.449. The van der Waals surface area contributed by atoms with Gasteiger partial charge in [-0.1, -0.05) is 18.2 Å². The molecule has 0 amide bonds. The number of hydrogen-bond donors (Lipinski definition) is 0. The van der Waals surface area contributed by atoms with E-state index in [-0.39, 0.29) is 5.56 Å². The van der Waals surface area contributed by atoms with Gasteiger partial charge in [0.25, 0.3) is 0 Å². The molecular weight excluding hydrogens is 408 g/mol. The van der Waals surface area contributed by atoms with Gasteiger partial charge in [0.05, 0.1) is 5.71 Å². The van der Waals surface area contributed by atoms with E-state index in [1.165, 1.54) is 24.3 Å². The van der Waals surface area contributed by atoms with Gasteiger partial charge in [0.2, 0.25) is 0 Å². The first-order chi connectivity index (χ1) is 14.9. The number of hydrogen-bond acceptors (Lipinski definition) is 3. The normalized spacial score (nSPS) is 15.6. The standard InChI is InChI=1S/C24H18F4N2O/c25-22-9-8-16(12-18-5-3-11-30-23(18)19-6-2-10-29-15-19)13-21(22)17-4-1-7-20(14-17)31-24(26,27)28/h1-2,4,6-10,12-15H,3,5,11H2/b18-12+. The Bertz CT molecular complexity index is 1140. The average molecular weight is 426 g/mol. The molecule has 7 heteroatoms. The van der Waals surface area contributed by atoms with Crippen LogP contribution >= 0.6 is 0 Å². The number of aliphatic imine (C=N–C) groups is 1. The second-order valence-electron chi connectivity index (χ2n) is 7.06. The number of rotatable bonds is 4. The summed E-state index contributed by atoms with van der Waals surface area (Å²) in [5, 5.41) is 0. The summed E-state index contributed by atoms with van der Waals surface area (Å²) < 4.78 is 56.1. The van der Waals surface area contributed by atoms with Crippen molar-refractivity contribution in [2.45, 2.75) is 19.2 Å². The lowest BCUT2D eigenvalue weighted by Gasteiger charge is -2.16. The fourth-order valence-corrected chi connectivity index (χ4v) is 3.52. The molecule has 0 bridgehead atoms. The Labute approximate surface area is 176 Å². The van der Waals surface area contributed by atoms with Gasteiger partial charge in [-0.2, -0.15) is 0 Å². The Morgan fingerprint density at radius 1 is 0.968 bits per heavy atom. The number of alkyl halides is 3. The van der Waals surface area contributed by atoms with Gasteiger partial charge >= 0.3 is 6.36 Å². The second kappa shape index (κ2) is 8.71. The van der Waals surface area contributed by atoms with Gasteiger partial charge < -0.3 is 4.74 Å². The number of halogens is 4. The zero-order chi connectivity index (χ0) is 21.8. The highest BCUT2D eigenvalue weighted by Crippen LogP contribution is 2.31. The molecule has 0 radical (unpaired) electrons. The van der Waals surface area contributed by atoms with Gasteiger partial charge in [0.1, 0.15) is 11.6 Å². The van der Waals surface area contributed by atoms with E-state index >= 15 is 0 Å². The lowest BCUT2D eigenvalue weighted by Crippen LogP contribution is -2.17. The minimum atomic E-state index is -4.81. The molecule has 0 saturated heterocycles. The predicted octanol–water partition coefficient (Wildman–Crippen LogP) is 6.45. The molecule has 0 N–H and O–H groups in total. The highest BCUT2D eigenvalue weighted by Gasteiger charge is 2.31. The lowest BCUT2D eigenvalue weighted by atomic mass is 9.94. The number of nitrogens with zero attached hydrogens (tertiary/aromatic N) is 2. The lowest BCUT2D eigenvalue weighted by molar-refractivity contribution is -0.274. The van der Waals surface area contributed by atoms with E-state index < -0.39 is 17.9 Å². The SMILES string of the molecule is Fc1ccc(/C=C2\CCCN=C2c2cccnc2)cc1-c1cccc(OC(F)(F)F)c1. The van der Waals surface area contributed by atoms with Crippen molar-refractivity contribution >= 4 is 11.8 Å². The third kappa shape index (κ3) is 5.17. The van der Waals surface area contributed by atoms with Crippen LogP contribution in [-0.2, 0) is 0 Å². The Morgan fingerprint density at radius 3 is 2.58 bits per heavy atom. The van der Waals surface area contributed by atoms with Crippen LogP contribution < -0.4 is 4.74 Å². The van der Waals surface area contributed by atoms with Crippen LogP contribution in [0.3, 0.4) is 0 Å². The van der Waals surface area contributed by atoms with Crippen LogP contribution in [0, 0.1) is 5.82 Å². The number of pyridine rings is 1. The summed E-state index contributed by atoms with van der Waals surface area (Å²) in [7, 11) is 0. The number of allylic oxidation sites excluding steroid dienone is 1. The summed E-state index contributed by atoms with van der Waals surface area (Å²) in [5.41, 5.74) is 3.98. The van der Waals surface area contributed by atoms with Crippen molar-refractivity contribution in [1.29, 1.82) is 0 Å². The summed E-state index contributed by atoms with van der Waals surface area (Å²) in [4.78, 5) is 8.78. The van der Waals surface area contributed by atoms with Crippen LogP contribution in [0.25, 0.3) is 17.2 Å². The zero-order valence-electron chi connectivity index (χ0n) is 16.4. The van der Waals surface area contributed by atoms with Gasteiger partial charge in [0, 0.05) is 30.1 Å². The molecule has 0 unspecified atom stereocenters. The molecule has 0 saturated carbocycles. The smallest absolute Gasteiger partial charge is 0.406 e. The minimum Gasteiger partial charge on any atom is -0.406 e. The predicted molar refractivity (Wildman–Crippen MR) is 111 cm³/mol. The molecule has 3 nitrogen and oxygen atoms in total. The number of benzene rings is 2. The van der Waals surface area contributed by atoms with Crippen molar-refractivity contribution in [3.63, 3.8) is 0 Å². The maximum absolute atomic E-state index is 14.5. The molecule has 1 aliphatic rings. The second-order valence-corrected chi connectivity index (χ2v) is 7.06. The van der Waals surface area contributed by atoms with E-state index in [1.807, 2.05) is 18.2 Å². The summed E-state index contributed by atoms with van der Waals surface area (Å²) in [6.07, 6.45) is 2.28. The van der Waals surface area contributed by atoms with Crippen molar-refractivity contribution in [3.05, 3.63) is 89.5 Å². The summed E-state index contributed by atoms with van der Waals surface area (Å²) in [6, 6.07) is 13.6. The Morgan fingerprint density at radius 2 is 1.81 bits per heavy atom. The third-order valence-electron chi connectivity index (χ3n) is 4.82. The van der Waals surface area contributed by atoms with Gasteiger partial charge in [-0.3, -0.25) is 9.98 Å². The molecule has 2 heterocycles. The molecule has 0 spiro atoms. The van der Waals surface area contributed by atoms with Crippen molar-refractivity contribution in [3.8, 4) is 16.9 Å². The van der Waals surface area contributed by atoms with Crippen LogP contribution in [-0.4, -0.2) is 23.6 Å². The Kier molecular flexibility index (Phi) is 5.84. The van der Waals surface area contributed by atoms with Crippen molar-refractivity contribution in [2.24, 2.45) is 4.99 Å². The van der Waals surface area contributed by atoms with E-state index in [2.05, 4.69) is 14.7 Å². The Hall–Kier alpha value is -3.48. The topological polar surface area (TPSA) is 34.5 Å². The first kappa shape index (κ1) is 20.8. The van der Waals surface area contributed by atoms with Gasteiger partial charge in [-0.15, -0.1) is 13.2 Å². The molecular formula is C24H18F4N2O. The molecule has 0 atom stereocenters. The molecule has 0 aliphatic carbocycles. The van der Waals surface area contributed by atoms with Crippen LogP contribution in [0.1, 0.15) is 24.0 Å². The van der Waals surface area contributed by atoms with Crippen LogP contribution in [0.5, 0.6) is 5.75 Å². The van der Waals surface area contributed by atoms with Gasteiger partial charge in [0.15, 0.2) is 0 Å². The number of ether oxygens (including phenoxy) is 1. The summed E-state index contributed by atoms with van der Waals surface area (Å²) >= 11 is 0. The molecule has 31 heavy (non-hydrogen) atoms. The van der Waals surface area contributed by atoms with Crippen molar-refractivity contribution < 1.29 is 22.3 Å². The van der Waals surface area contributed by atoms with Gasteiger partial charge in [-0.05, 0) is 72.0 Å². The van der Waals surface area contributed by atoms with Crippen molar-refractivity contribution in [1.82, 2.24) is 4.98 Å². The molecule has 3 aromatic rings. The molecule has 0 fully saturated rings. The monoisotopic (exact) mass is 426 g/mol. The number of aromatic nitrogens is 1. The van der Waals surface area contributed by atoms with E-state index in [0.29, 0.717) is 5.56 Å². The maximum atomic E-state index is 14.5. The Balaban J connectivity index is 1.69. The highest BCUT2D eigenvalue weighted by molar-refractivity contribution is 6.15. The minimum absolute atomic E-state index is 0.192. The van der Waals surface area contributed by atoms with E-state index in [0.717, 1.165) is 41.8 Å². The zero-order valence-corrected chi connectivity index (χ0v) is 16.4. The van der Waals surface area contributed by atoms with Crippen LogP contribution in [0.15, 0.2) is 77.6 Å². The van der Waals surface area contributed by atoms with E-state index in [9.17, 15) is 17.6 Å². The largest absolute Gasteiger partial charge is 0.573 e. The van der Waals surface area contributed by atoms with E-state index in [1.54, 1.807) is 30.6 Å². The fraction of sp³-hybridized carbons (Fsp3) is 0.167. The molecule has 1 aliphatic heterocycles. The fourth-order valence-electron chi connectivity index (χ4n) is 3.52. The maximum Gasteiger partial charge on any atom is 0.573 e. The van der Waals surface area contributed by atoms with Crippen LogP contribution in [0.4, 0.5) is 17.6 Å². The molecule has 2 aromatic carbocycles. The molecule has 1 aromatic heterocycles. The van der Waals surface area contributed by atoms with Gasteiger partial charge in [-0.25, -0.2) is 4.39 Å². The van der Waals surface area contributed by atoms with Crippen LogP contribution in [0.2, 0.25) is 0 Å². The first-order valence-corrected chi connectivity index (χ1v) is 9.70. The molecule has 158 valence electrons. The van der Waals surface area contributed by atoms with E-state index in [4.69, 9.17) is 0 Å². The molecule has 4 rings (SSSR count). The average Bonchev–Trinajstić information content (AvgIpc) is 2.75. The van der Waals surface area contributed by atoms with Crippen molar-refractivity contribution in [2.75, 3.05) is 6.54 Å². The summed E-state index contributed by atoms with van der Waals surface area (Å²) in [5.74, 6) is -0.928.